The number of aryl methyl sites for hydroxylation is 2. The lowest BCUT2D eigenvalue weighted by Crippen LogP contribution is -2.19. The molecular weight excluding hydrogens is 264 g/mol. The van der Waals surface area contributed by atoms with Crippen LogP contribution in [0.1, 0.15) is 35.6 Å². The lowest BCUT2D eigenvalue weighted by molar-refractivity contribution is 0.101. The molecule has 21 heavy (non-hydrogen) atoms. The highest BCUT2D eigenvalue weighted by Gasteiger charge is 2.15. The van der Waals surface area contributed by atoms with Crippen molar-refractivity contribution in [1.82, 2.24) is 15.1 Å². The smallest absolute Gasteiger partial charge is 0.273 e. The van der Waals surface area contributed by atoms with Crippen LogP contribution in [0, 0.1) is 0 Å². The summed E-state index contributed by atoms with van der Waals surface area (Å²) in [6, 6.07) is 9.66. The van der Waals surface area contributed by atoms with Crippen LogP contribution in [0.5, 0.6) is 0 Å². The Hall–Kier alpha value is -2.14. The van der Waals surface area contributed by atoms with E-state index >= 15 is 0 Å². The predicted molar refractivity (Wildman–Crippen MR) is 84.4 cm³/mol. The molecule has 112 valence electrons. The molecule has 2 aromatic rings. The molecule has 0 aliphatic heterocycles. The number of nitrogens with zero attached hydrogens (tertiary/aromatic N) is 2. The third-order valence-electron chi connectivity index (χ3n) is 3.36. The maximum absolute atomic E-state index is 12.5. The summed E-state index contributed by atoms with van der Waals surface area (Å²) in [4.78, 5) is 12.5. The fourth-order valence-electron chi connectivity index (χ4n) is 2.24. The predicted octanol–water partition coefficient (Wildman–Crippen LogP) is 2.44. The van der Waals surface area contributed by atoms with Gasteiger partial charge in [-0.15, -0.1) is 0 Å². The van der Waals surface area contributed by atoms with Crippen molar-refractivity contribution in [3.05, 3.63) is 47.3 Å². The van der Waals surface area contributed by atoms with Gasteiger partial charge in [0.25, 0.3) is 5.91 Å². The van der Waals surface area contributed by atoms with Gasteiger partial charge < -0.3 is 10.6 Å². The van der Waals surface area contributed by atoms with Gasteiger partial charge in [0.05, 0.1) is 5.69 Å². The second-order valence-electron chi connectivity index (χ2n) is 4.83. The van der Waals surface area contributed by atoms with Crippen LogP contribution in [0.3, 0.4) is 0 Å². The number of hydrogen-bond donors (Lipinski definition) is 2. The topological polar surface area (TPSA) is 59.0 Å². The monoisotopic (exact) mass is 286 g/mol. The van der Waals surface area contributed by atoms with E-state index in [4.69, 9.17) is 0 Å². The fourth-order valence-corrected chi connectivity index (χ4v) is 2.24. The van der Waals surface area contributed by atoms with Crippen LogP contribution in [0.2, 0.25) is 0 Å². The minimum Gasteiger partial charge on any atom is -0.320 e. The van der Waals surface area contributed by atoms with Crippen LogP contribution in [0.4, 0.5) is 5.69 Å². The number of amides is 1. The standard InChI is InChI=1S/C16H22N4O/c1-4-13-10-15(20(5-2)19-13)16(21)18-14-9-7-6-8-12(14)11-17-3/h6-10,17H,4-5,11H2,1-3H3,(H,18,21). The van der Waals surface area contributed by atoms with E-state index in [0.29, 0.717) is 18.8 Å². The first-order valence-electron chi connectivity index (χ1n) is 7.30. The molecule has 0 aliphatic carbocycles. The number of carbonyl (C=O) groups is 1. The number of aromatic nitrogens is 2. The molecule has 1 amide bonds. The molecule has 1 heterocycles. The molecule has 0 saturated carbocycles. The summed E-state index contributed by atoms with van der Waals surface area (Å²) in [6.07, 6.45) is 0.823. The number of para-hydroxylation sites is 1. The third-order valence-corrected chi connectivity index (χ3v) is 3.36. The molecule has 0 fully saturated rings. The first-order valence-corrected chi connectivity index (χ1v) is 7.30. The molecule has 1 aromatic carbocycles. The molecule has 0 bridgehead atoms. The van der Waals surface area contributed by atoms with Gasteiger partial charge >= 0.3 is 0 Å². The summed E-state index contributed by atoms with van der Waals surface area (Å²) in [7, 11) is 1.89. The van der Waals surface area contributed by atoms with Gasteiger partial charge in [-0.3, -0.25) is 9.48 Å². The van der Waals surface area contributed by atoms with Gasteiger partial charge in [0.1, 0.15) is 5.69 Å². The van der Waals surface area contributed by atoms with Gasteiger partial charge in [-0.1, -0.05) is 25.1 Å². The minimum absolute atomic E-state index is 0.118. The quantitative estimate of drug-likeness (QED) is 0.857. The molecule has 2 rings (SSSR count). The van der Waals surface area contributed by atoms with E-state index in [1.54, 1.807) is 4.68 Å². The molecular formula is C16H22N4O. The van der Waals surface area contributed by atoms with Gasteiger partial charge in [-0.05, 0) is 38.1 Å². The van der Waals surface area contributed by atoms with E-state index in [0.717, 1.165) is 23.4 Å². The fraction of sp³-hybridized carbons (Fsp3) is 0.375. The Bertz CT molecular complexity index is 618. The van der Waals surface area contributed by atoms with Crippen molar-refractivity contribution in [1.29, 1.82) is 0 Å². The van der Waals surface area contributed by atoms with Crippen molar-refractivity contribution in [3.8, 4) is 0 Å². The number of carbonyl (C=O) groups excluding carboxylic acids is 1. The van der Waals surface area contributed by atoms with Crippen LogP contribution < -0.4 is 10.6 Å². The molecule has 0 aliphatic rings. The summed E-state index contributed by atoms with van der Waals surface area (Å²) in [5.74, 6) is -0.118. The van der Waals surface area contributed by atoms with Crippen molar-refractivity contribution in [2.75, 3.05) is 12.4 Å². The zero-order valence-corrected chi connectivity index (χ0v) is 12.8. The van der Waals surface area contributed by atoms with Crippen molar-refractivity contribution in [3.63, 3.8) is 0 Å². The zero-order chi connectivity index (χ0) is 15.2. The lowest BCUT2D eigenvalue weighted by atomic mass is 10.1. The molecule has 0 radical (unpaired) electrons. The Labute approximate surface area is 125 Å². The number of rotatable bonds is 6. The van der Waals surface area contributed by atoms with Gasteiger partial charge in [-0.2, -0.15) is 5.10 Å². The van der Waals surface area contributed by atoms with Gasteiger partial charge in [-0.25, -0.2) is 0 Å². The normalized spacial score (nSPS) is 10.6. The van der Waals surface area contributed by atoms with E-state index < -0.39 is 0 Å². The number of anilines is 1. The minimum atomic E-state index is -0.118. The van der Waals surface area contributed by atoms with E-state index in [2.05, 4.69) is 15.7 Å². The Kier molecular flexibility index (Phi) is 5.11. The number of hydrogen-bond acceptors (Lipinski definition) is 3. The summed E-state index contributed by atoms with van der Waals surface area (Å²) < 4.78 is 1.74. The van der Waals surface area contributed by atoms with Gasteiger partial charge in [0.15, 0.2) is 0 Å². The highest BCUT2D eigenvalue weighted by Crippen LogP contribution is 2.16. The number of nitrogens with one attached hydrogen (secondary N) is 2. The van der Waals surface area contributed by atoms with Gasteiger partial charge in [0.2, 0.25) is 0 Å². The average molecular weight is 286 g/mol. The van der Waals surface area contributed by atoms with E-state index in [9.17, 15) is 4.79 Å². The SMILES string of the molecule is CCc1cc(C(=O)Nc2ccccc2CNC)n(CC)n1. The number of benzene rings is 1. The molecule has 0 unspecified atom stereocenters. The highest BCUT2D eigenvalue weighted by atomic mass is 16.2. The first kappa shape index (κ1) is 15.3. The van der Waals surface area contributed by atoms with Crippen LogP contribution in [0.15, 0.2) is 30.3 Å². The summed E-state index contributed by atoms with van der Waals surface area (Å²) >= 11 is 0. The van der Waals surface area contributed by atoms with Gasteiger partial charge in [0, 0.05) is 18.8 Å². The van der Waals surface area contributed by atoms with Crippen LogP contribution in [-0.2, 0) is 19.5 Å². The van der Waals surface area contributed by atoms with E-state index in [-0.39, 0.29) is 5.91 Å². The molecule has 5 nitrogen and oxygen atoms in total. The molecule has 0 atom stereocenters. The Morgan fingerprint density at radius 1 is 1.29 bits per heavy atom. The molecule has 2 N–H and O–H groups in total. The summed E-state index contributed by atoms with van der Waals surface area (Å²) in [5, 5.41) is 10.5. The average Bonchev–Trinajstić information content (AvgIpc) is 2.93. The van der Waals surface area contributed by atoms with Crippen molar-refractivity contribution in [2.24, 2.45) is 0 Å². The van der Waals surface area contributed by atoms with Crippen molar-refractivity contribution >= 4 is 11.6 Å². The lowest BCUT2D eigenvalue weighted by Gasteiger charge is -2.11. The molecule has 1 aromatic heterocycles. The Balaban J connectivity index is 2.24. The Morgan fingerprint density at radius 2 is 2.05 bits per heavy atom. The zero-order valence-electron chi connectivity index (χ0n) is 12.8. The second kappa shape index (κ2) is 7.04. The maximum Gasteiger partial charge on any atom is 0.273 e. The molecule has 0 spiro atoms. The van der Waals surface area contributed by atoms with E-state index in [1.165, 1.54) is 0 Å². The molecule has 0 saturated heterocycles. The third kappa shape index (κ3) is 3.49. The van der Waals surface area contributed by atoms with Crippen LogP contribution in [0.25, 0.3) is 0 Å². The first-order chi connectivity index (χ1) is 10.2. The molecule has 5 heteroatoms. The maximum atomic E-state index is 12.5. The Morgan fingerprint density at radius 3 is 2.71 bits per heavy atom. The second-order valence-corrected chi connectivity index (χ2v) is 4.83. The van der Waals surface area contributed by atoms with Crippen molar-refractivity contribution in [2.45, 2.75) is 33.4 Å². The van der Waals surface area contributed by atoms with E-state index in [1.807, 2.05) is 51.2 Å². The largest absolute Gasteiger partial charge is 0.320 e. The summed E-state index contributed by atoms with van der Waals surface area (Å²) in [6.45, 7) is 5.41. The van der Waals surface area contributed by atoms with Crippen molar-refractivity contribution < 1.29 is 4.79 Å². The summed E-state index contributed by atoms with van der Waals surface area (Å²) in [5.41, 5.74) is 3.43. The van der Waals surface area contributed by atoms with Crippen LogP contribution >= 0.6 is 0 Å². The van der Waals surface area contributed by atoms with Crippen LogP contribution in [-0.4, -0.2) is 22.7 Å². The highest BCUT2D eigenvalue weighted by molar-refractivity contribution is 6.03.